The third-order valence-corrected chi connectivity index (χ3v) is 5.89. The quantitative estimate of drug-likeness (QED) is 0.588. The zero-order chi connectivity index (χ0) is 21.6. The van der Waals surface area contributed by atoms with Gasteiger partial charge in [-0.15, -0.1) is 11.3 Å². The number of hydrogen-bond acceptors (Lipinski definition) is 7. The van der Waals surface area contributed by atoms with Crippen LogP contribution in [0, 0.1) is 6.92 Å². The average molecular weight is 438 g/mol. The van der Waals surface area contributed by atoms with Gasteiger partial charge in [-0.05, 0) is 19.1 Å². The summed E-state index contributed by atoms with van der Waals surface area (Å²) >= 11 is 1.49. The minimum Gasteiger partial charge on any atom is -0.486 e. The first-order chi connectivity index (χ1) is 15.1. The number of nitrogens with zero attached hydrogens (tertiary/aromatic N) is 5. The molecule has 0 spiro atoms. The minimum absolute atomic E-state index is 0.0166. The molecule has 3 heterocycles. The van der Waals surface area contributed by atoms with Crippen LogP contribution in [0.2, 0.25) is 0 Å². The molecule has 160 valence electrons. The van der Waals surface area contributed by atoms with Gasteiger partial charge in [-0.1, -0.05) is 17.7 Å². The van der Waals surface area contributed by atoms with Crippen LogP contribution in [-0.2, 0) is 17.8 Å². The normalized spacial score (nSPS) is 13.8. The summed E-state index contributed by atoms with van der Waals surface area (Å²) in [7, 11) is 0. The molecule has 0 bridgehead atoms. The van der Waals surface area contributed by atoms with Crippen molar-refractivity contribution in [3.63, 3.8) is 0 Å². The maximum absolute atomic E-state index is 12.7. The van der Waals surface area contributed by atoms with E-state index in [1.54, 1.807) is 9.80 Å². The first-order valence-electron chi connectivity index (χ1n) is 10.0. The Morgan fingerprint density at radius 2 is 1.81 bits per heavy atom. The lowest BCUT2D eigenvalue weighted by Crippen LogP contribution is -2.51. The van der Waals surface area contributed by atoms with E-state index in [1.165, 1.54) is 35.5 Å². The highest BCUT2D eigenvalue weighted by Gasteiger charge is 2.26. The van der Waals surface area contributed by atoms with E-state index in [0.29, 0.717) is 38.5 Å². The number of thiazole rings is 1. The molecule has 8 nitrogen and oxygen atoms in total. The molecule has 31 heavy (non-hydrogen) atoms. The van der Waals surface area contributed by atoms with Crippen LogP contribution in [0.3, 0.4) is 0 Å². The monoisotopic (exact) mass is 437 g/mol. The number of aromatic nitrogens is 3. The van der Waals surface area contributed by atoms with Crippen molar-refractivity contribution in [2.45, 2.75) is 20.0 Å². The fourth-order valence-corrected chi connectivity index (χ4v) is 3.98. The summed E-state index contributed by atoms with van der Waals surface area (Å²) in [5, 5.41) is 2.74. The number of carbonyl (C=O) groups excluding carboxylic acids is 2. The molecule has 1 saturated heterocycles. The van der Waals surface area contributed by atoms with Crippen molar-refractivity contribution in [2.75, 3.05) is 26.2 Å². The van der Waals surface area contributed by atoms with Crippen LogP contribution in [0.5, 0.6) is 5.75 Å². The SMILES string of the molecule is Cc1ccc(OCc2nc(CC(=O)N3CCN(C(=O)c4cnccn4)CC3)cs2)cc1. The number of rotatable bonds is 6. The number of benzene rings is 1. The van der Waals surface area contributed by atoms with E-state index < -0.39 is 0 Å². The highest BCUT2D eigenvalue weighted by atomic mass is 32.1. The third-order valence-electron chi connectivity index (χ3n) is 5.02. The molecule has 0 saturated carbocycles. The van der Waals surface area contributed by atoms with Crippen molar-refractivity contribution in [1.82, 2.24) is 24.8 Å². The number of piperazine rings is 1. The van der Waals surface area contributed by atoms with Gasteiger partial charge in [0.05, 0.1) is 18.3 Å². The summed E-state index contributed by atoms with van der Waals surface area (Å²) in [6.45, 7) is 4.37. The molecule has 9 heteroatoms. The summed E-state index contributed by atoms with van der Waals surface area (Å²) in [5.41, 5.74) is 2.25. The summed E-state index contributed by atoms with van der Waals surface area (Å²) < 4.78 is 5.76. The van der Waals surface area contributed by atoms with E-state index >= 15 is 0 Å². The molecule has 0 atom stereocenters. The second-order valence-electron chi connectivity index (χ2n) is 7.27. The van der Waals surface area contributed by atoms with Gasteiger partial charge in [-0.25, -0.2) is 9.97 Å². The zero-order valence-electron chi connectivity index (χ0n) is 17.2. The molecule has 1 aliphatic rings. The van der Waals surface area contributed by atoms with E-state index in [1.807, 2.05) is 36.6 Å². The molecule has 2 amide bonds. The Hall–Kier alpha value is -3.33. The van der Waals surface area contributed by atoms with Crippen LogP contribution >= 0.6 is 11.3 Å². The summed E-state index contributed by atoms with van der Waals surface area (Å²) in [5.74, 6) is 0.660. The van der Waals surface area contributed by atoms with Gasteiger partial charge in [0.25, 0.3) is 5.91 Å². The second kappa shape index (κ2) is 9.65. The first-order valence-corrected chi connectivity index (χ1v) is 10.9. The Labute approximate surface area is 184 Å². The molecule has 0 radical (unpaired) electrons. The van der Waals surface area contributed by atoms with Gasteiger partial charge in [0, 0.05) is 44.0 Å². The Balaban J connectivity index is 1.25. The maximum Gasteiger partial charge on any atom is 0.274 e. The lowest BCUT2D eigenvalue weighted by atomic mass is 10.2. The lowest BCUT2D eigenvalue weighted by molar-refractivity contribution is -0.132. The fraction of sp³-hybridized carbons (Fsp3) is 0.318. The molecule has 0 unspecified atom stereocenters. The zero-order valence-corrected chi connectivity index (χ0v) is 18.0. The Bertz CT molecular complexity index is 1030. The van der Waals surface area contributed by atoms with Gasteiger partial charge in [0.15, 0.2) is 0 Å². The Kier molecular flexibility index (Phi) is 6.51. The Morgan fingerprint density at radius 3 is 2.52 bits per heavy atom. The third kappa shape index (κ3) is 5.43. The van der Waals surface area contributed by atoms with E-state index in [4.69, 9.17) is 4.74 Å². The molecule has 2 aromatic heterocycles. The smallest absolute Gasteiger partial charge is 0.274 e. The van der Waals surface area contributed by atoms with E-state index in [0.717, 1.165) is 16.5 Å². The lowest BCUT2D eigenvalue weighted by Gasteiger charge is -2.34. The highest BCUT2D eigenvalue weighted by molar-refractivity contribution is 7.09. The van der Waals surface area contributed by atoms with Crippen LogP contribution in [0.15, 0.2) is 48.2 Å². The van der Waals surface area contributed by atoms with Crippen LogP contribution in [0.4, 0.5) is 0 Å². The molecule has 0 aliphatic carbocycles. The van der Waals surface area contributed by atoms with Crippen LogP contribution in [0.25, 0.3) is 0 Å². The van der Waals surface area contributed by atoms with Crippen molar-refractivity contribution in [3.8, 4) is 5.75 Å². The fourth-order valence-electron chi connectivity index (χ4n) is 3.27. The van der Waals surface area contributed by atoms with E-state index in [2.05, 4.69) is 15.0 Å². The summed E-state index contributed by atoms with van der Waals surface area (Å²) in [4.78, 5) is 41.1. The molecule has 1 fully saturated rings. The molecule has 1 aliphatic heterocycles. The number of ether oxygens (including phenoxy) is 1. The van der Waals surface area contributed by atoms with Crippen LogP contribution in [-0.4, -0.2) is 62.7 Å². The van der Waals surface area contributed by atoms with Gasteiger partial charge >= 0.3 is 0 Å². The van der Waals surface area contributed by atoms with Gasteiger partial charge < -0.3 is 14.5 Å². The van der Waals surface area contributed by atoms with Crippen molar-refractivity contribution in [1.29, 1.82) is 0 Å². The maximum atomic E-state index is 12.7. The highest BCUT2D eigenvalue weighted by Crippen LogP contribution is 2.17. The topological polar surface area (TPSA) is 88.5 Å². The number of hydrogen-bond donors (Lipinski definition) is 0. The molecule has 0 N–H and O–H groups in total. The van der Waals surface area contributed by atoms with Gasteiger partial charge in [0.1, 0.15) is 23.1 Å². The van der Waals surface area contributed by atoms with Crippen LogP contribution in [0.1, 0.15) is 26.8 Å². The van der Waals surface area contributed by atoms with Crippen molar-refractivity contribution in [3.05, 3.63) is 70.2 Å². The average Bonchev–Trinajstić information content (AvgIpc) is 3.26. The predicted molar refractivity (Wildman–Crippen MR) is 116 cm³/mol. The van der Waals surface area contributed by atoms with E-state index in [-0.39, 0.29) is 18.2 Å². The summed E-state index contributed by atoms with van der Waals surface area (Å²) in [6.07, 6.45) is 4.74. The van der Waals surface area contributed by atoms with Gasteiger partial charge in [-0.3, -0.25) is 14.6 Å². The number of aryl methyl sites for hydroxylation is 1. The predicted octanol–water partition coefficient (Wildman–Crippen LogP) is 2.35. The first kappa shape index (κ1) is 20.9. The second-order valence-corrected chi connectivity index (χ2v) is 8.22. The van der Waals surface area contributed by atoms with Crippen molar-refractivity contribution in [2.24, 2.45) is 0 Å². The molecule has 1 aromatic carbocycles. The largest absolute Gasteiger partial charge is 0.486 e. The summed E-state index contributed by atoms with van der Waals surface area (Å²) in [6, 6.07) is 7.87. The Morgan fingerprint density at radius 1 is 1.06 bits per heavy atom. The van der Waals surface area contributed by atoms with Crippen LogP contribution < -0.4 is 4.74 Å². The molecular formula is C22H23N5O3S. The molecule has 3 aromatic rings. The van der Waals surface area contributed by atoms with Gasteiger partial charge in [-0.2, -0.15) is 0 Å². The number of carbonyl (C=O) groups is 2. The molecular weight excluding hydrogens is 414 g/mol. The number of amides is 2. The van der Waals surface area contributed by atoms with Gasteiger partial charge in [0.2, 0.25) is 5.91 Å². The molecule has 4 rings (SSSR count). The standard InChI is InChI=1S/C22H23N5O3S/c1-16-2-4-18(5-3-16)30-14-20-25-17(15-31-20)12-21(28)26-8-10-27(11-9-26)22(29)19-13-23-6-7-24-19/h2-7,13,15H,8-12,14H2,1H3. The van der Waals surface area contributed by atoms with Crippen molar-refractivity contribution < 1.29 is 14.3 Å². The van der Waals surface area contributed by atoms with E-state index in [9.17, 15) is 9.59 Å². The van der Waals surface area contributed by atoms with Crippen molar-refractivity contribution >= 4 is 23.2 Å². The minimum atomic E-state index is -0.155.